The van der Waals surface area contributed by atoms with Gasteiger partial charge in [-0.05, 0) is 17.5 Å². The second-order valence-electron chi connectivity index (χ2n) is 3.96. The quantitative estimate of drug-likeness (QED) is 0.862. The molecule has 100 valence electrons. The second-order valence-corrected chi connectivity index (χ2v) is 6.47. The van der Waals surface area contributed by atoms with Crippen molar-refractivity contribution in [1.29, 1.82) is 0 Å². The summed E-state index contributed by atoms with van der Waals surface area (Å²) in [6.07, 6.45) is 0. The van der Waals surface area contributed by atoms with Gasteiger partial charge in [0, 0.05) is 10.7 Å². The minimum atomic E-state index is -4.09. The van der Waals surface area contributed by atoms with Gasteiger partial charge in [0.25, 0.3) is 9.05 Å². The summed E-state index contributed by atoms with van der Waals surface area (Å²) in [7, 11) is 2.48. The van der Waals surface area contributed by atoms with E-state index in [-0.39, 0.29) is 22.1 Å². The summed E-state index contributed by atoms with van der Waals surface area (Å²) in [6, 6.07) is 2.74. The molecule has 0 fully saturated rings. The Morgan fingerprint density at radius 1 is 1.39 bits per heavy atom. The van der Waals surface area contributed by atoms with Crippen molar-refractivity contribution < 1.29 is 23.1 Å². The normalized spacial score (nSPS) is 11.6. The van der Waals surface area contributed by atoms with Crippen molar-refractivity contribution in [2.24, 2.45) is 0 Å². The van der Waals surface area contributed by atoms with Gasteiger partial charge in [-0.25, -0.2) is 13.2 Å². The van der Waals surface area contributed by atoms with E-state index in [1.165, 1.54) is 19.2 Å². The summed E-state index contributed by atoms with van der Waals surface area (Å²) < 4.78 is 28.1. The van der Waals surface area contributed by atoms with Gasteiger partial charge in [0.1, 0.15) is 10.5 Å². The van der Waals surface area contributed by atoms with Crippen molar-refractivity contribution in [2.45, 2.75) is 24.7 Å². The van der Waals surface area contributed by atoms with Crippen LogP contribution in [0.2, 0.25) is 0 Å². The van der Waals surface area contributed by atoms with Gasteiger partial charge in [0.05, 0.1) is 7.11 Å². The maximum absolute atomic E-state index is 11.6. The average molecular weight is 293 g/mol. The van der Waals surface area contributed by atoms with Crippen LogP contribution < -0.4 is 4.74 Å². The SMILES string of the molecule is COc1c(C(=O)O)ccc(C(C)C)c1S(=O)(=O)Cl. The van der Waals surface area contributed by atoms with Gasteiger partial charge < -0.3 is 9.84 Å². The largest absolute Gasteiger partial charge is 0.494 e. The zero-order valence-electron chi connectivity index (χ0n) is 10.1. The zero-order valence-corrected chi connectivity index (χ0v) is 11.7. The van der Waals surface area contributed by atoms with E-state index < -0.39 is 15.0 Å². The number of methoxy groups -OCH3 is 1. The van der Waals surface area contributed by atoms with Crippen molar-refractivity contribution in [3.05, 3.63) is 23.3 Å². The van der Waals surface area contributed by atoms with E-state index in [0.717, 1.165) is 0 Å². The Morgan fingerprint density at radius 3 is 2.28 bits per heavy atom. The molecule has 1 aromatic carbocycles. The van der Waals surface area contributed by atoms with E-state index >= 15 is 0 Å². The molecule has 7 heteroatoms. The van der Waals surface area contributed by atoms with Gasteiger partial charge in [0.2, 0.25) is 0 Å². The number of carbonyl (C=O) groups is 1. The Kier molecular flexibility index (Phi) is 4.24. The van der Waals surface area contributed by atoms with Crippen LogP contribution in [-0.4, -0.2) is 26.6 Å². The monoisotopic (exact) mass is 292 g/mol. The van der Waals surface area contributed by atoms with Crippen LogP contribution in [0.4, 0.5) is 0 Å². The molecule has 0 unspecified atom stereocenters. The zero-order chi connectivity index (χ0) is 14.1. The first-order chi connectivity index (χ1) is 8.20. The van der Waals surface area contributed by atoms with Crippen LogP contribution in [-0.2, 0) is 9.05 Å². The van der Waals surface area contributed by atoms with Crippen molar-refractivity contribution in [3.8, 4) is 5.75 Å². The van der Waals surface area contributed by atoms with Gasteiger partial charge in [-0.15, -0.1) is 0 Å². The van der Waals surface area contributed by atoms with Crippen molar-refractivity contribution in [3.63, 3.8) is 0 Å². The van der Waals surface area contributed by atoms with Crippen LogP contribution in [0.25, 0.3) is 0 Å². The Morgan fingerprint density at radius 2 is 1.94 bits per heavy atom. The van der Waals surface area contributed by atoms with Crippen LogP contribution in [0.3, 0.4) is 0 Å². The molecule has 1 rings (SSSR count). The van der Waals surface area contributed by atoms with Gasteiger partial charge in [-0.2, -0.15) is 0 Å². The minimum absolute atomic E-state index is 0.134. The minimum Gasteiger partial charge on any atom is -0.494 e. The molecule has 0 saturated heterocycles. The Hall–Kier alpha value is -1.27. The molecule has 0 heterocycles. The lowest BCUT2D eigenvalue weighted by Crippen LogP contribution is -2.09. The molecule has 0 atom stereocenters. The number of rotatable bonds is 4. The second kappa shape index (κ2) is 5.16. The summed E-state index contributed by atoms with van der Waals surface area (Å²) in [5, 5.41) is 9.00. The molecular weight excluding hydrogens is 280 g/mol. The first-order valence-electron chi connectivity index (χ1n) is 5.09. The van der Waals surface area contributed by atoms with Crippen molar-refractivity contribution in [1.82, 2.24) is 0 Å². The van der Waals surface area contributed by atoms with Gasteiger partial charge in [-0.1, -0.05) is 19.9 Å². The van der Waals surface area contributed by atoms with E-state index in [9.17, 15) is 13.2 Å². The standard InChI is InChI=1S/C11H13ClO5S/c1-6(2)7-4-5-8(11(13)14)9(17-3)10(7)18(12,15)16/h4-6H,1-3H3,(H,13,14). The Balaban J connectivity index is 3.79. The lowest BCUT2D eigenvalue weighted by Gasteiger charge is -2.15. The number of aromatic carboxylic acids is 1. The third-order valence-corrected chi connectivity index (χ3v) is 3.81. The summed E-state index contributed by atoms with van der Waals surface area (Å²) >= 11 is 0. The van der Waals surface area contributed by atoms with Crippen LogP contribution in [0, 0.1) is 0 Å². The predicted molar refractivity (Wildman–Crippen MR) is 67.1 cm³/mol. The predicted octanol–water partition coefficient (Wildman–Crippen LogP) is 2.44. The number of carboxylic acids is 1. The molecule has 0 aliphatic rings. The van der Waals surface area contributed by atoms with E-state index in [2.05, 4.69) is 0 Å². The molecule has 0 aromatic heterocycles. The molecule has 0 saturated carbocycles. The lowest BCUT2D eigenvalue weighted by atomic mass is 10.0. The molecule has 1 aromatic rings. The average Bonchev–Trinajstić information content (AvgIpc) is 2.25. The summed E-state index contributed by atoms with van der Waals surface area (Å²) in [6.45, 7) is 3.56. The van der Waals surface area contributed by atoms with E-state index in [1.807, 2.05) is 0 Å². The van der Waals surface area contributed by atoms with Crippen LogP contribution in [0.5, 0.6) is 5.75 Å². The van der Waals surface area contributed by atoms with Crippen LogP contribution in [0.15, 0.2) is 17.0 Å². The Bertz CT molecular complexity index is 577. The molecule has 18 heavy (non-hydrogen) atoms. The molecule has 0 spiro atoms. The number of benzene rings is 1. The van der Waals surface area contributed by atoms with Gasteiger partial charge in [-0.3, -0.25) is 0 Å². The molecular formula is C11H13ClO5S. The molecule has 0 aliphatic heterocycles. The first-order valence-corrected chi connectivity index (χ1v) is 7.40. The lowest BCUT2D eigenvalue weighted by molar-refractivity contribution is 0.0692. The maximum atomic E-state index is 11.6. The molecule has 5 nitrogen and oxygen atoms in total. The number of hydrogen-bond acceptors (Lipinski definition) is 4. The Labute approximate surface area is 110 Å². The molecule has 0 radical (unpaired) electrons. The molecule has 0 amide bonds. The van der Waals surface area contributed by atoms with Crippen molar-refractivity contribution >= 4 is 25.7 Å². The van der Waals surface area contributed by atoms with E-state index in [4.69, 9.17) is 20.5 Å². The third kappa shape index (κ3) is 2.76. The third-order valence-electron chi connectivity index (χ3n) is 2.44. The molecule has 1 N–H and O–H groups in total. The summed E-state index contributed by atoms with van der Waals surface area (Å²) in [5.74, 6) is -1.64. The fraction of sp³-hybridized carbons (Fsp3) is 0.364. The highest BCUT2D eigenvalue weighted by molar-refractivity contribution is 8.13. The summed E-state index contributed by atoms with van der Waals surface area (Å²) in [4.78, 5) is 10.7. The highest BCUT2D eigenvalue weighted by Gasteiger charge is 2.27. The van der Waals surface area contributed by atoms with E-state index in [1.54, 1.807) is 13.8 Å². The van der Waals surface area contributed by atoms with Gasteiger partial charge in [0.15, 0.2) is 5.75 Å². The molecule has 0 bridgehead atoms. The topological polar surface area (TPSA) is 80.7 Å². The first kappa shape index (κ1) is 14.8. The number of halogens is 1. The molecule has 0 aliphatic carbocycles. The van der Waals surface area contributed by atoms with Crippen molar-refractivity contribution in [2.75, 3.05) is 7.11 Å². The van der Waals surface area contributed by atoms with Crippen LogP contribution >= 0.6 is 10.7 Å². The summed E-state index contributed by atoms with van der Waals surface area (Å²) in [5.41, 5.74) is 0.188. The fourth-order valence-electron chi connectivity index (χ4n) is 1.66. The maximum Gasteiger partial charge on any atom is 0.339 e. The number of ether oxygens (including phenoxy) is 1. The smallest absolute Gasteiger partial charge is 0.339 e. The highest BCUT2D eigenvalue weighted by Crippen LogP contribution is 2.37. The number of carboxylic acid groups (broad SMARTS) is 1. The highest BCUT2D eigenvalue weighted by atomic mass is 35.7. The van der Waals surface area contributed by atoms with Gasteiger partial charge >= 0.3 is 5.97 Å². The van der Waals surface area contributed by atoms with Crippen LogP contribution in [0.1, 0.15) is 35.7 Å². The fourth-order valence-corrected chi connectivity index (χ4v) is 3.13. The number of hydrogen-bond donors (Lipinski definition) is 1. The van der Waals surface area contributed by atoms with E-state index in [0.29, 0.717) is 5.56 Å².